The molecule has 1 aromatic heterocycles. The number of ether oxygens (including phenoxy) is 2. The maximum Gasteiger partial charge on any atom is 0.257 e. The van der Waals surface area contributed by atoms with Crippen molar-refractivity contribution in [1.29, 1.82) is 0 Å². The van der Waals surface area contributed by atoms with E-state index in [0.717, 1.165) is 48.6 Å². The lowest BCUT2D eigenvalue weighted by Crippen LogP contribution is -2.35. The summed E-state index contributed by atoms with van der Waals surface area (Å²) in [5.74, 6) is 0.993. The van der Waals surface area contributed by atoms with E-state index < -0.39 is 0 Å². The Bertz CT molecular complexity index is 1070. The van der Waals surface area contributed by atoms with E-state index >= 15 is 0 Å². The predicted octanol–water partition coefficient (Wildman–Crippen LogP) is 4.17. The zero-order chi connectivity index (χ0) is 24.1. The van der Waals surface area contributed by atoms with Gasteiger partial charge in [-0.15, -0.1) is 0 Å². The molecule has 0 saturated carbocycles. The molecule has 7 heteroatoms. The van der Waals surface area contributed by atoms with E-state index in [1.807, 2.05) is 60.7 Å². The van der Waals surface area contributed by atoms with Gasteiger partial charge in [0, 0.05) is 32.4 Å². The third kappa shape index (κ3) is 8.22. The van der Waals surface area contributed by atoms with Crippen molar-refractivity contribution >= 4 is 11.6 Å². The number of rotatable bonds is 11. The average molecular weight is 474 g/mol. The number of pyridine rings is 1. The molecule has 7 nitrogen and oxygen atoms in total. The summed E-state index contributed by atoms with van der Waals surface area (Å²) in [7, 11) is 0. The van der Waals surface area contributed by atoms with Crippen LogP contribution in [-0.4, -0.2) is 43.0 Å². The Morgan fingerprint density at radius 2 is 1.77 bits per heavy atom. The Balaban J connectivity index is 1.33. The minimum Gasteiger partial charge on any atom is -0.484 e. The van der Waals surface area contributed by atoms with Crippen molar-refractivity contribution in [2.75, 3.05) is 26.4 Å². The predicted molar refractivity (Wildman–Crippen MR) is 134 cm³/mol. The molecule has 0 atom stereocenters. The monoisotopic (exact) mass is 473 g/mol. The third-order valence-corrected chi connectivity index (χ3v) is 5.81. The minimum atomic E-state index is -0.116. The van der Waals surface area contributed by atoms with Crippen LogP contribution >= 0.6 is 0 Å². The molecule has 35 heavy (non-hydrogen) atoms. The number of aromatic nitrogens is 1. The van der Waals surface area contributed by atoms with Crippen LogP contribution in [0.2, 0.25) is 0 Å². The van der Waals surface area contributed by atoms with Gasteiger partial charge in [0.15, 0.2) is 13.2 Å². The minimum absolute atomic E-state index is 0.0132. The van der Waals surface area contributed by atoms with E-state index in [1.165, 1.54) is 0 Å². The van der Waals surface area contributed by atoms with E-state index in [1.54, 1.807) is 6.20 Å². The quantitative estimate of drug-likeness (QED) is 0.334. The van der Waals surface area contributed by atoms with Crippen molar-refractivity contribution in [1.82, 2.24) is 10.3 Å². The Hall–Kier alpha value is -3.71. The number of amides is 1. The molecule has 182 valence electrons. The zero-order valence-corrected chi connectivity index (χ0v) is 19.8. The van der Waals surface area contributed by atoms with Gasteiger partial charge < -0.3 is 19.6 Å². The summed E-state index contributed by atoms with van der Waals surface area (Å²) >= 11 is 0. The van der Waals surface area contributed by atoms with E-state index in [0.29, 0.717) is 31.2 Å². The number of nitrogens with one attached hydrogen (secondary N) is 1. The number of nitrogens with zero attached hydrogens (tertiary/aromatic N) is 2. The van der Waals surface area contributed by atoms with Crippen molar-refractivity contribution < 1.29 is 19.1 Å². The topological polar surface area (TPSA) is 82.0 Å². The molecule has 0 unspecified atom stereocenters. The highest BCUT2D eigenvalue weighted by atomic mass is 16.6. The summed E-state index contributed by atoms with van der Waals surface area (Å²) in [6.45, 7) is 2.49. The number of carbonyl (C=O) groups excluding carboxylic acids is 1. The number of benzene rings is 2. The van der Waals surface area contributed by atoms with Gasteiger partial charge in [-0.3, -0.25) is 9.78 Å². The van der Waals surface area contributed by atoms with Gasteiger partial charge >= 0.3 is 0 Å². The molecule has 2 aromatic carbocycles. The number of hydrogen-bond donors (Lipinski definition) is 1. The van der Waals surface area contributed by atoms with Crippen molar-refractivity contribution in [3.63, 3.8) is 0 Å². The summed E-state index contributed by atoms with van der Waals surface area (Å²) in [5, 5.41) is 7.38. The first-order valence-electron chi connectivity index (χ1n) is 12.0. The van der Waals surface area contributed by atoms with Crippen molar-refractivity contribution in [3.05, 3.63) is 95.8 Å². The molecule has 0 aliphatic carbocycles. The van der Waals surface area contributed by atoms with Gasteiger partial charge in [-0.05, 0) is 66.3 Å². The smallest absolute Gasteiger partial charge is 0.257 e. The van der Waals surface area contributed by atoms with Crippen LogP contribution < -0.4 is 10.1 Å². The molecule has 1 N–H and O–H groups in total. The normalized spacial score (nSPS) is 14.3. The molecule has 1 amide bonds. The zero-order valence-electron chi connectivity index (χ0n) is 19.8. The second-order valence-electron chi connectivity index (χ2n) is 8.47. The molecule has 1 aliphatic heterocycles. The van der Waals surface area contributed by atoms with E-state index in [4.69, 9.17) is 14.3 Å². The van der Waals surface area contributed by atoms with Crippen LogP contribution in [-0.2, 0) is 27.4 Å². The maximum absolute atomic E-state index is 12.2. The average Bonchev–Trinajstić information content (AvgIpc) is 2.92. The van der Waals surface area contributed by atoms with Gasteiger partial charge in [-0.1, -0.05) is 41.6 Å². The molecule has 0 radical (unpaired) electrons. The van der Waals surface area contributed by atoms with Crippen molar-refractivity contribution in [2.45, 2.75) is 25.9 Å². The molecular formula is C28H31N3O4. The van der Waals surface area contributed by atoms with Gasteiger partial charge in [0.2, 0.25) is 0 Å². The number of hydrogen-bond acceptors (Lipinski definition) is 6. The summed E-state index contributed by atoms with van der Waals surface area (Å²) < 4.78 is 11.0. The van der Waals surface area contributed by atoms with Crippen LogP contribution in [0.25, 0.3) is 0 Å². The van der Waals surface area contributed by atoms with Crippen LogP contribution in [0.3, 0.4) is 0 Å². The van der Waals surface area contributed by atoms with Gasteiger partial charge in [0.05, 0.1) is 11.4 Å². The largest absolute Gasteiger partial charge is 0.484 e. The van der Waals surface area contributed by atoms with E-state index in [9.17, 15) is 4.79 Å². The van der Waals surface area contributed by atoms with Gasteiger partial charge in [-0.2, -0.15) is 0 Å². The first-order valence-corrected chi connectivity index (χ1v) is 12.0. The summed E-state index contributed by atoms with van der Waals surface area (Å²) in [4.78, 5) is 22.1. The lowest BCUT2D eigenvalue weighted by Gasteiger charge is -2.22. The first kappa shape index (κ1) is 24.4. The molecule has 2 heterocycles. The standard InChI is InChI=1S/C28H31N3O4/c32-28(30-19-23-13-16-33-17-14-23)21-34-26-11-9-24(10-12-26)27(18-22-6-2-1-3-7-22)31-35-20-25-8-4-5-15-29-25/h1-12,15,23H,13-14,16-21H2,(H,30,32)/b31-27+. The lowest BCUT2D eigenvalue weighted by molar-refractivity contribution is -0.123. The molecule has 1 saturated heterocycles. The Labute approximate surface area is 206 Å². The van der Waals surface area contributed by atoms with Gasteiger partial charge in [0.1, 0.15) is 5.75 Å². The molecule has 4 rings (SSSR count). The van der Waals surface area contributed by atoms with Crippen LogP contribution in [0.5, 0.6) is 5.75 Å². The molecule has 0 bridgehead atoms. The Morgan fingerprint density at radius 3 is 2.51 bits per heavy atom. The summed E-state index contributed by atoms with van der Waals surface area (Å²) in [6.07, 6.45) is 4.33. The molecular weight excluding hydrogens is 442 g/mol. The van der Waals surface area contributed by atoms with E-state index in [2.05, 4.69) is 27.6 Å². The highest BCUT2D eigenvalue weighted by Gasteiger charge is 2.15. The number of oxime groups is 1. The lowest BCUT2D eigenvalue weighted by atomic mass is 10.0. The molecule has 3 aromatic rings. The fraction of sp³-hybridized carbons (Fsp3) is 0.321. The van der Waals surface area contributed by atoms with Crippen molar-refractivity contribution in [3.8, 4) is 5.75 Å². The SMILES string of the molecule is O=C(COc1ccc(/C(Cc2ccccc2)=N/OCc2ccccn2)cc1)NCC1CCOCC1. The fourth-order valence-electron chi connectivity index (χ4n) is 3.79. The Kier molecular flexibility index (Phi) is 9.24. The van der Waals surface area contributed by atoms with E-state index in [-0.39, 0.29) is 12.5 Å². The number of carbonyl (C=O) groups is 1. The van der Waals surface area contributed by atoms with Gasteiger partial charge in [-0.25, -0.2) is 0 Å². The van der Waals surface area contributed by atoms with Crippen LogP contribution in [0, 0.1) is 5.92 Å². The molecule has 1 aliphatic rings. The van der Waals surface area contributed by atoms with Crippen LogP contribution in [0.4, 0.5) is 0 Å². The summed E-state index contributed by atoms with van der Waals surface area (Å²) in [5.41, 5.74) is 3.67. The summed E-state index contributed by atoms with van der Waals surface area (Å²) in [6, 6.07) is 23.4. The van der Waals surface area contributed by atoms with Gasteiger partial charge in [0.25, 0.3) is 5.91 Å². The van der Waals surface area contributed by atoms with Crippen LogP contribution in [0.1, 0.15) is 29.7 Å². The highest BCUT2D eigenvalue weighted by Crippen LogP contribution is 2.16. The Morgan fingerprint density at radius 1 is 1.00 bits per heavy atom. The van der Waals surface area contributed by atoms with Crippen LogP contribution in [0.15, 0.2) is 84.1 Å². The molecule has 1 fully saturated rings. The van der Waals surface area contributed by atoms with Crippen molar-refractivity contribution in [2.24, 2.45) is 11.1 Å². The second kappa shape index (κ2) is 13.2. The highest BCUT2D eigenvalue weighted by molar-refractivity contribution is 6.01. The second-order valence-corrected chi connectivity index (χ2v) is 8.47. The third-order valence-electron chi connectivity index (χ3n) is 5.81. The molecule has 0 spiro atoms. The fourth-order valence-corrected chi connectivity index (χ4v) is 3.79. The first-order chi connectivity index (χ1) is 17.3. The maximum atomic E-state index is 12.2.